The summed E-state index contributed by atoms with van der Waals surface area (Å²) >= 11 is 0.917. The first kappa shape index (κ1) is 20.9. The van der Waals surface area contributed by atoms with Gasteiger partial charge in [0.25, 0.3) is 11.1 Å². The predicted octanol–water partition coefficient (Wildman–Crippen LogP) is 4.44. The van der Waals surface area contributed by atoms with Crippen LogP contribution in [-0.2, 0) is 16.0 Å². The van der Waals surface area contributed by atoms with Gasteiger partial charge in [0.2, 0.25) is 5.91 Å². The van der Waals surface area contributed by atoms with Crippen molar-refractivity contribution >= 4 is 45.9 Å². The first-order valence-corrected chi connectivity index (χ1v) is 10.8. The van der Waals surface area contributed by atoms with E-state index in [1.807, 2.05) is 56.3 Å². The number of hydrogen-bond acceptors (Lipinski definition) is 5. The summed E-state index contributed by atoms with van der Waals surface area (Å²) in [5.41, 5.74) is 4.70. The van der Waals surface area contributed by atoms with E-state index in [2.05, 4.69) is 5.32 Å². The summed E-state index contributed by atoms with van der Waals surface area (Å²) in [7, 11) is 0. The Balaban J connectivity index is 1.33. The van der Waals surface area contributed by atoms with Crippen LogP contribution in [0.5, 0.6) is 0 Å². The molecule has 7 heteroatoms. The Kier molecular flexibility index (Phi) is 5.95. The minimum atomic E-state index is -0.334. The Labute approximate surface area is 184 Å². The number of aryl methyl sites for hydroxylation is 2. The smallest absolute Gasteiger partial charge is 0.293 e. The summed E-state index contributed by atoms with van der Waals surface area (Å²) in [6.45, 7) is 4.37. The molecule has 0 saturated carbocycles. The molecule has 1 saturated heterocycles. The van der Waals surface area contributed by atoms with Crippen molar-refractivity contribution in [2.75, 3.05) is 13.1 Å². The fourth-order valence-electron chi connectivity index (χ4n) is 3.41. The zero-order chi connectivity index (χ0) is 22.0. The third-order valence-corrected chi connectivity index (χ3v) is 6.16. The predicted molar refractivity (Wildman–Crippen MR) is 122 cm³/mol. The fourth-order valence-corrected chi connectivity index (χ4v) is 4.27. The topological polar surface area (TPSA) is 79.6 Å². The Morgan fingerprint density at radius 2 is 1.87 bits per heavy atom. The lowest BCUT2D eigenvalue weighted by molar-refractivity contribution is -0.124. The lowest BCUT2D eigenvalue weighted by Crippen LogP contribution is -2.37. The van der Waals surface area contributed by atoms with Gasteiger partial charge in [-0.25, -0.2) is 0 Å². The van der Waals surface area contributed by atoms with Crippen LogP contribution in [0.4, 0.5) is 4.79 Å². The lowest BCUT2D eigenvalue weighted by Gasteiger charge is -2.12. The Morgan fingerprint density at radius 1 is 1.13 bits per heavy atom. The van der Waals surface area contributed by atoms with Crippen molar-refractivity contribution in [3.8, 4) is 0 Å². The molecule has 1 aliphatic rings. The van der Waals surface area contributed by atoms with E-state index < -0.39 is 0 Å². The van der Waals surface area contributed by atoms with Crippen molar-refractivity contribution in [2.45, 2.75) is 20.3 Å². The minimum absolute atomic E-state index is 0.132. The molecular formula is C24H22N2O4S. The van der Waals surface area contributed by atoms with Crippen molar-refractivity contribution < 1.29 is 18.8 Å². The average Bonchev–Trinajstić information content (AvgIpc) is 3.24. The molecule has 0 atom stereocenters. The third-order valence-electron chi connectivity index (χ3n) is 5.25. The van der Waals surface area contributed by atoms with Crippen molar-refractivity contribution in [1.82, 2.24) is 10.2 Å². The quantitative estimate of drug-likeness (QED) is 0.580. The van der Waals surface area contributed by atoms with Gasteiger partial charge in [-0.15, -0.1) is 0 Å². The molecule has 0 aliphatic carbocycles. The molecule has 3 aromatic rings. The van der Waals surface area contributed by atoms with Crippen LogP contribution in [0.1, 0.15) is 22.3 Å². The maximum absolute atomic E-state index is 12.5. The number of imide groups is 1. The van der Waals surface area contributed by atoms with E-state index in [-0.39, 0.29) is 36.6 Å². The molecule has 1 fully saturated rings. The van der Waals surface area contributed by atoms with E-state index in [0.29, 0.717) is 4.91 Å². The van der Waals surface area contributed by atoms with Gasteiger partial charge in [0.05, 0.1) is 17.6 Å². The molecule has 4 rings (SSSR count). The third kappa shape index (κ3) is 4.56. The molecule has 1 aliphatic heterocycles. The van der Waals surface area contributed by atoms with Gasteiger partial charge in [-0.05, 0) is 60.5 Å². The molecule has 158 valence electrons. The molecule has 31 heavy (non-hydrogen) atoms. The normalized spacial score (nSPS) is 15.3. The van der Waals surface area contributed by atoms with E-state index in [9.17, 15) is 14.4 Å². The molecule has 0 spiro atoms. The van der Waals surface area contributed by atoms with Gasteiger partial charge in [-0.1, -0.05) is 30.3 Å². The van der Waals surface area contributed by atoms with Crippen LogP contribution < -0.4 is 5.32 Å². The number of nitrogens with one attached hydrogen (secondary N) is 1. The van der Waals surface area contributed by atoms with Gasteiger partial charge in [0, 0.05) is 24.0 Å². The highest BCUT2D eigenvalue weighted by molar-refractivity contribution is 8.18. The monoisotopic (exact) mass is 434 g/mol. The van der Waals surface area contributed by atoms with Crippen LogP contribution in [0, 0.1) is 13.8 Å². The Hall–Kier alpha value is -3.32. The molecule has 0 bridgehead atoms. The number of hydrogen-bond donors (Lipinski definition) is 1. The van der Waals surface area contributed by atoms with Crippen molar-refractivity contribution in [3.05, 3.63) is 75.9 Å². The van der Waals surface area contributed by atoms with Crippen molar-refractivity contribution in [2.24, 2.45) is 0 Å². The van der Waals surface area contributed by atoms with E-state index >= 15 is 0 Å². The molecule has 0 unspecified atom stereocenters. The van der Waals surface area contributed by atoms with Gasteiger partial charge in [-0.3, -0.25) is 19.3 Å². The number of fused-ring (bicyclic) bond motifs is 1. The summed E-state index contributed by atoms with van der Waals surface area (Å²) in [5.74, 6) is -0.521. The van der Waals surface area contributed by atoms with E-state index in [1.54, 1.807) is 12.3 Å². The van der Waals surface area contributed by atoms with Crippen LogP contribution in [0.25, 0.3) is 17.0 Å². The average molecular weight is 435 g/mol. The summed E-state index contributed by atoms with van der Waals surface area (Å²) in [6, 6.07) is 13.4. The summed E-state index contributed by atoms with van der Waals surface area (Å²) in [6.07, 6.45) is 3.48. The summed E-state index contributed by atoms with van der Waals surface area (Å²) in [4.78, 5) is 38.7. The molecular weight excluding hydrogens is 412 g/mol. The number of nitrogens with zero attached hydrogens (tertiary/aromatic N) is 1. The number of furan rings is 1. The van der Waals surface area contributed by atoms with E-state index in [0.717, 1.165) is 45.0 Å². The maximum Gasteiger partial charge on any atom is 0.293 e. The standard InChI is InChI=1S/C24H22N2O4S/c1-15-10-19-18(14-30-20(19)11-16(15)2)13-22(27)25-8-9-26-23(28)21(31-24(26)29)12-17-6-4-3-5-7-17/h3-7,10-12,14H,8-9,13H2,1-2H3,(H,25,27)/b21-12-. The van der Waals surface area contributed by atoms with Gasteiger partial charge in [-0.2, -0.15) is 0 Å². The van der Waals surface area contributed by atoms with Crippen LogP contribution >= 0.6 is 11.8 Å². The second kappa shape index (κ2) is 8.81. The number of amides is 3. The van der Waals surface area contributed by atoms with Crippen molar-refractivity contribution in [3.63, 3.8) is 0 Å². The number of rotatable bonds is 6. The first-order chi connectivity index (χ1) is 14.9. The lowest BCUT2D eigenvalue weighted by atomic mass is 10.0. The molecule has 3 amide bonds. The highest BCUT2D eigenvalue weighted by Crippen LogP contribution is 2.31. The first-order valence-electron chi connectivity index (χ1n) is 9.97. The highest BCUT2D eigenvalue weighted by atomic mass is 32.2. The molecule has 1 aromatic heterocycles. The molecule has 2 heterocycles. The van der Waals surface area contributed by atoms with E-state index in [4.69, 9.17) is 4.42 Å². The summed E-state index contributed by atoms with van der Waals surface area (Å²) in [5, 5.41) is 3.39. The number of carbonyl (C=O) groups excluding carboxylic acids is 3. The maximum atomic E-state index is 12.5. The van der Waals surface area contributed by atoms with Gasteiger partial charge in [0.15, 0.2) is 0 Å². The summed E-state index contributed by atoms with van der Waals surface area (Å²) < 4.78 is 5.57. The van der Waals surface area contributed by atoms with Crippen LogP contribution in [0.3, 0.4) is 0 Å². The SMILES string of the molecule is Cc1cc2occ(CC(=O)NCCN3C(=O)S/C(=C\c4ccccc4)C3=O)c2cc1C. The zero-order valence-electron chi connectivity index (χ0n) is 17.3. The Bertz CT molecular complexity index is 1200. The van der Waals surface area contributed by atoms with Crippen LogP contribution in [0.2, 0.25) is 0 Å². The largest absolute Gasteiger partial charge is 0.464 e. The molecule has 6 nitrogen and oxygen atoms in total. The van der Waals surface area contributed by atoms with Crippen molar-refractivity contribution in [1.29, 1.82) is 0 Å². The zero-order valence-corrected chi connectivity index (χ0v) is 18.1. The Morgan fingerprint density at radius 3 is 2.65 bits per heavy atom. The fraction of sp³-hybridized carbons (Fsp3) is 0.208. The number of thioether (sulfide) groups is 1. The van der Waals surface area contributed by atoms with Gasteiger partial charge >= 0.3 is 0 Å². The second-order valence-corrected chi connectivity index (χ2v) is 8.46. The molecule has 2 aromatic carbocycles. The van der Waals surface area contributed by atoms with E-state index in [1.165, 1.54) is 4.90 Å². The highest BCUT2D eigenvalue weighted by Gasteiger charge is 2.34. The molecule has 0 radical (unpaired) electrons. The number of carbonyl (C=O) groups is 3. The van der Waals surface area contributed by atoms with Crippen LogP contribution in [0.15, 0.2) is 58.1 Å². The number of benzene rings is 2. The van der Waals surface area contributed by atoms with Gasteiger partial charge < -0.3 is 9.73 Å². The minimum Gasteiger partial charge on any atom is -0.464 e. The molecule has 1 N–H and O–H groups in total. The van der Waals surface area contributed by atoms with Crippen LogP contribution in [-0.4, -0.2) is 35.0 Å². The van der Waals surface area contributed by atoms with Gasteiger partial charge in [0.1, 0.15) is 5.58 Å². The second-order valence-electron chi connectivity index (χ2n) is 7.46.